The molecule has 0 radical (unpaired) electrons. The zero-order valence-corrected chi connectivity index (χ0v) is 17.3. The van der Waals surface area contributed by atoms with Gasteiger partial charge in [0.25, 0.3) is 0 Å². The number of hydrogen-bond donors (Lipinski definition) is 6. The van der Waals surface area contributed by atoms with Crippen molar-refractivity contribution in [2.45, 2.75) is 51.2 Å². The van der Waals surface area contributed by atoms with Gasteiger partial charge < -0.3 is 31.4 Å². The van der Waals surface area contributed by atoms with Crippen LogP contribution in [0.2, 0.25) is 0 Å². The summed E-state index contributed by atoms with van der Waals surface area (Å²) in [5.74, 6) is -0.750. The van der Waals surface area contributed by atoms with Crippen molar-refractivity contribution < 1.29 is 19.3 Å². The molecule has 0 unspecified atom stereocenters. The number of nitrogens with one attached hydrogen (secondary N) is 4. The van der Waals surface area contributed by atoms with Crippen molar-refractivity contribution >= 4 is 25.5 Å². The molecule has 0 aromatic heterocycles. The van der Waals surface area contributed by atoms with E-state index in [-0.39, 0.29) is 17.8 Å². The first-order chi connectivity index (χ1) is 14.5. The van der Waals surface area contributed by atoms with Crippen molar-refractivity contribution in [3.05, 3.63) is 35.9 Å². The van der Waals surface area contributed by atoms with Crippen molar-refractivity contribution in [1.29, 1.82) is 5.41 Å². The van der Waals surface area contributed by atoms with Gasteiger partial charge in [-0.15, -0.1) is 0 Å². The summed E-state index contributed by atoms with van der Waals surface area (Å²) >= 11 is 0. The quantitative estimate of drug-likeness (QED) is 0.0698. The number of carbonyl (C=O) groups is 2. The molecule has 2 amide bonds. The Morgan fingerprint density at radius 3 is 2.50 bits per heavy atom. The summed E-state index contributed by atoms with van der Waals surface area (Å²) in [5.41, 5.74) is 5.26. The molecular weight excluding hydrogens is 385 g/mol. The summed E-state index contributed by atoms with van der Waals surface area (Å²) in [6.45, 7) is 0.909. The zero-order valence-electron chi connectivity index (χ0n) is 17.3. The van der Waals surface area contributed by atoms with Gasteiger partial charge in [-0.05, 0) is 37.7 Å². The van der Waals surface area contributed by atoms with Gasteiger partial charge in [-0.3, -0.25) is 15.0 Å². The van der Waals surface area contributed by atoms with Gasteiger partial charge in [0.2, 0.25) is 11.8 Å². The van der Waals surface area contributed by atoms with Gasteiger partial charge in [0, 0.05) is 13.1 Å². The van der Waals surface area contributed by atoms with Crippen molar-refractivity contribution in [2.75, 3.05) is 13.1 Å². The molecule has 9 nitrogen and oxygen atoms in total. The average molecular weight is 417 g/mol. The normalized spacial score (nSPS) is 15.8. The minimum Gasteiger partial charge on any atom is -0.430 e. The molecule has 1 atom stereocenters. The highest BCUT2D eigenvalue weighted by Crippen LogP contribution is 2.38. The van der Waals surface area contributed by atoms with Crippen LogP contribution in [0.1, 0.15) is 44.1 Å². The predicted molar refractivity (Wildman–Crippen MR) is 116 cm³/mol. The lowest BCUT2D eigenvalue weighted by Gasteiger charge is -2.29. The molecule has 0 saturated heterocycles. The molecule has 2 rings (SSSR count). The Kier molecular flexibility index (Phi) is 9.63. The van der Waals surface area contributed by atoms with E-state index in [2.05, 4.69) is 16.0 Å². The fourth-order valence-corrected chi connectivity index (χ4v) is 3.75. The smallest absolute Gasteiger partial charge is 0.430 e. The number of nitrogens with two attached hydrogens (primary N) is 1. The van der Waals surface area contributed by atoms with Gasteiger partial charge >= 0.3 is 7.69 Å². The first kappa shape index (κ1) is 23.7. The van der Waals surface area contributed by atoms with Gasteiger partial charge in [-0.2, -0.15) is 0 Å². The third-order valence-corrected chi connectivity index (χ3v) is 5.39. The lowest BCUT2D eigenvalue weighted by atomic mass is 9.83. The molecule has 0 bridgehead atoms. The van der Waals surface area contributed by atoms with E-state index in [0.717, 1.165) is 18.4 Å². The van der Waals surface area contributed by atoms with E-state index in [0.29, 0.717) is 45.2 Å². The molecule has 0 spiro atoms. The summed E-state index contributed by atoms with van der Waals surface area (Å²) in [7, 11) is -0.540. The van der Waals surface area contributed by atoms with Crippen LogP contribution in [0.15, 0.2) is 30.3 Å². The van der Waals surface area contributed by atoms with E-state index in [1.54, 1.807) is 0 Å². The van der Waals surface area contributed by atoms with E-state index < -0.39 is 19.3 Å². The second-order valence-electron chi connectivity index (χ2n) is 7.52. The first-order valence-corrected chi connectivity index (χ1v) is 10.4. The standard InChI is InChI=1S/C20H32BN5O4/c22-19(23)25-13-6-9-16(30-21-29)26-18(28)20(11-4-5-12-20)17(27)24-14-10-15-7-2-1-3-8-15/h1-3,7-8,16,21,29H,4-6,9-14H2,(H,24,27)(H,26,28)(H4,22,23,25)/t16-/m1/s1. The van der Waals surface area contributed by atoms with Crippen molar-refractivity contribution in [1.82, 2.24) is 16.0 Å². The number of carbonyl (C=O) groups excluding carboxylic acids is 2. The summed E-state index contributed by atoms with van der Waals surface area (Å²) in [5, 5.41) is 24.7. The minimum atomic E-state index is -1.11. The number of benzene rings is 1. The molecule has 1 aromatic rings. The highest BCUT2D eigenvalue weighted by atomic mass is 16.5. The van der Waals surface area contributed by atoms with Crippen LogP contribution in [0.25, 0.3) is 0 Å². The fraction of sp³-hybridized carbons (Fsp3) is 0.550. The lowest BCUT2D eigenvalue weighted by Crippen LogP contribution is -2.53. The van der Waals surface area contributed by atoms with Crippen molar-refractivity contribution in [3.63, 3.8) is 0 Å². The largest absolute Gasteiger partial charge is 0.436 e. The Hall–Kier alpha value is -2.59. The Morgan fingerprint density at radius 1 is 1.17 bits per heavy atom. The van der Waals surface area contributed by atoms with E-state index >= 15 is 0 Å². The first-order valence-electron chi connectivity index (χ1n) is 10.4. The number of rotatable bonds is 12. The monoisotopic (exact) mass is 417 g/mol. The van der Waals surface area contributed by atoms with E-state index in [1.165, 1.54) is 0 Å². The highest BCUT2D eigenvalue weighted by Gasteiger charge is 2.48. The van der Waals surface area contributed by atoms with Crippen LogP contribution in [-0.2, 0) is 20.7 Å². The molecule has 164 valence electrons. The van der Waals surface area contributed by atoms with Gasteiger partial charge in [0.15, 0.2) is 5.96 Å². The van der Waals surface area contributed by atoms with Crippen molar-refractivity contribution in [3.8, 4) is 0 Å². The van der Waals surface area contributed by atoms with Crippen LogP contribution in [0.4, 0.5) is 0 Å². The minimum absolute atomic E-state index is 0.129. The van der Waals surface area contributed by atoms with Gasteiger partial charge in [-0.1, -0.05) is 43.2 Å². The molecule has 1 saturated carbocycles. The van der Waals surface area contributed by atoms with Crippen LogP contribution in [0.3, 0.4) is 0 Å². The third-order valence-electron chi connectivity index (χ3n) is 5.39. The number of amides is 2. The Morgan fingerprint density at radius 2 is 1.87 bits per heavy atom. The maximum Gasteiger partial charge on any atom is 0.436 e. The van der Waals surface area contributed by atoms with E-state index in [4.69, 9.17) is 20.8 Å². The molecule has 1 aromatic carbocycles. The zero-order chi connectivity index (χ0) is 21.8. The second kappa shape index (κ2) is 12.2. The van der Waals surface area contributed by atoms with Crippen LogP contribution < -0.4 is 21.7 Å². The lowest BCUT2D eigenvalue weighted by molar-refractivity contribution is -0.145. The molecule has 0 heterocycles. The summed E-state index contributed by atoms with van der Waals surface area (Å²) in [4.78, 5) is 26.0. The SMILES string of the molecule is N=C(N)NCCC[C@H](NC(=O)C1(C(=O)NCCc2ccccc2)CCCC1)OBO. The summed E-state index contributed by atoms with van der Waals surface area (Å²) in [6, 6.07) is 9.86. The highest BCUT2D eigenvalue weighted by molar-refractivity contribution is 6.16. The van der Waals surface area contributed by atoms with Crippen molar-refractivity contribution in [2.24, 2.45) is 11.1 Å². The number of hydrogen-bond acceptors (Lipinski definition) is 5. The molecule has 1 fully saturated rings. The Bertz CT molecular complexity index is 698. The fourth-order valence-electron chi connectivity index (χ4n) is 3.75. The molecule has 30 heavy (non-hydrogen) atoms. The van der Waals surface area contributed by atoms with Crippen LogP contribution in [-0.4, -0.2) is 49.8 Å². The van der Waals surface area contributed by atoms with Crippen LogP contribution in [0.5, 0.6) is 0 Å². The maximum absolute atomic E-state index is 13.1. The third kappa shape index (κ3) is 7.03. The molecule has 1 aliphatic carbocycles. The molecule has 1 aliphatic rings. The Labute approximate surface area is 177 Å². The molecule has 10 heteroatoms. The topological polar surface area (TPSA) is 150 Å². The van der Waals surface area contributed by atoms with E-state index in [1.807, 2.05) is 30.3 Å². The molecular formula is C20H32BN5O4. The van der Waals surface area contributed by atoms with Gasteiger partial charge in [0.05, 0.1) is 0 Å². The summed E-state index contributed by atoms with van der Waals surface area (Å²) in [6.07, 6.45) is 3.58. The summed E-state index contributed by atoms with van der Waals surface area (Å²) < 4.78 is 5.22. The Balaban J connectivity index is 1.91. The van der Waals surface area contributed by atoms with E-state index in [9.17, 15) is 9.59 Å². The predicted octanol–water partition coefficient (Wildman–Crippen LogP) is -0.113. The molecule has 7 N–H and O–H groups in total. The van der Waals surface area contributed by atoms with Gasteiger partial charge in [-0.25, -0.2) is 0 Å². The van der Waals surface area contributed by atoms with Crippen LogP contribution in [0, 0.1) is 10.8 Å². The number of guanidine groups is 1. The average Bonchev–Trinajstić information content (AvgIpc) is 3.23. The molecule has 0 aliphatic heterocycles. The van der Waals surface area contributed by atoms with Gasteiger partial charge in [0.1, 0.15) is 11.6 Å². The maximum atomic E-state index is 13.1. The second-order valence-corrected chi connectivity index (χ2v) is 7.52. The van der Waals surface area contributed by atoms with Crippen LogP contribution >= 0.6 is 0 Å².